The van der Waals surface area contributed by atoms with Crippen LogP contribution in [0.15, 0.2) is 12.5 Å². The van der Waals surface area contributed by atoms with Gasteiger partial charge in [0.1, 0.15) is 24.1 Å². The molecule has 0 spiro atoms. The van der Waals surface area contributed by atoms with E-state index in [-0.39, 0.29) is 12.1 Å². The lowest BCUT2D eigenvalue weighted by Gasteiger charge is -2.22. The van der Waals surface area contributed by atoms with Gasteiger partial charge in [0.15, 0.2) is 0 Å². The van der Waals surface area contributed by atoms with Crippen LogP contribution in [0.3, 0.4) is 0 Å². The standard InChI is InChI=1S/C12H16N4O/c13-6-9-7-15-8-16-12(9)17-11-5-3-1-2-4-10(11)14/h7-8,10-11H,1-5,14H2. The van der Waals surface area contributed by atoms with Crippen molar-refractivity contribution in [2.75, 3.05) is 0 Å². The quantitative estimate of drug-likeness (QED) is 0.779. The Labute approximate surface area is 101 Å². The summed E-state index contributed by atoms with van der Waals surface area (Å²) in [6.07, 6.45) is 8.17. The van der Waals surface area contributed by atoms with Crippen LogP contribution in [0.1, 0.15) is 37.7 Å². The van der Waals surface area contributed by atoms with Crippen molar-refractivity contribution in [2.24, 2.45) is 5.73 Å². The van der Waals surface area contributed by atoms with Crippen molar-refractivity contribution >= 4 is 0 Å². The summed E-state index contributed by atoms with van der Waals surface area (Å²) in [6, 6.07) is 2.05. The molecule has 5 nitrogen and oxygen atoms in total. The van der Waals surface area contributed by atoms with Crippen molar-refractivity contribution in [2.45, 2.75) is 44.2 Å². The fraction of sp³-hybridized carbons (Fsp3) is 0.583. The fourth-order valence-electron chi connectivity index (χ4n) is 2.08. The number of hydrogen-bond donors (Lipinski definition) is 1. The van der Waals surface area contributed by atoms with E-state index in [2.05, 4.69) is 9.97 Å². The Morgan fingerprint density at radius 2 is 2.18 bits per heavy atom. The summed E-state index contributed by atoms with van der Waals surface area (Å²) in [5.74, 6) is 0.352. The molecule has 1 aliphatic rings. The van der Waals surface area contributed by atoms with Gasteiger partial charge in [-0.2, -0.15) is 5.26 Å². The Kier molecular flexibility index (Phi) is 3.89. The number of nitriles is 1. The minimum absolute atomic E-state index is 0.0269. The Bertz CT molecular complexity index is 415. The first kappa shape index (κ1) is 11.8. The molecule has 1 heterocycles. The minimum atomic E-state index is -0.0421. The third-order valence-electron chi connectivity index (χ3n) is 3.06. The van der Waals surface area contributed by atoms with Gasteiger partial charge in [-0.3, -0.25) is 0 Å². The van der Waals surface area contributed by atoms with E-state index in [9.17, 15) is 0 Å². The van der Waals surface area contributed by atoms with E-state index in [1.54, 1.807) is 0 Å². The molecule has 1 aliphatic carbocycles. The third-order valence-corrected chi connectivity index (χ3v) is 3.06. The molecule has 0 saturated heterocycles. The molecular weight excluding hydrogens is 216 g/mol. The highest BCUT2D eigenvalue weighted by Gasteiger charge is 2.23. The van der Waals surface area contributed by atoms with E-state index in [1.165, 1.54) is 18.9 Å². The minimum Gasteiger partial charge on any atom is -0.472 e. The van der Waals surface area contributed by atoms with Crippen LogP contribution in [-0.2, 0) is 0 Å². The molecule has 2 atom stereocenters. The Balaban J connectivity index is 2.11. The molecule has 0 aromatic carbocycles. The van der Waals surface area contributed by atoms with Gasteiger partial charge < -0.3 is 10.5 Å². The second-order valence-electron chi connectivity index (χ2n) is 4.31. The fourth-order valence-corrected chi connectivity index (χ4v) is 2.08. The summed E-state index contributed by atoms with van der Waals surface area (Å²) >= 11 is 0. The average molecular weight is 232 g/mol. The van der Waals surface area contributed by atoms with Gasteiger partial charge in [0.25, 0.3) is 0 Å². The maximum Gasteiger partial charge on any atom is 0.235 e. The summed E-state index contributed by atoms with van der Waals surface area (Å²) < 4.78 is 5.77. The molecule has 90 valence electrons. The predicted molar refractivity (Wildman–Crippen MR) is 62.2 cm³/mol. The molecule has 0 radical (unpaired) electrons. The monoisotopic (exact) mass is 232 g/mol. The molecule has 0 amide bonds. The van der Waals surface area contributed by atoms with Crippen molar-refractivity contribution in [1.82, 2.24) is 9.97 Å². The highest BCUT2D eigenvalue weighted by Crippen LogP contribution is 2.22. The number of aromatic nitrogens is 2. The molecule has 1 aromatic rings. The van der Waals surface area contributed by atoms with Gasteiger partial charge in [-0.05, 0) is 19.3 Å². The lowest BCUT2D eigenvalue weighted by atomic mass is 10.1. The van der Waals surface area contributed by atoms with Gasteiger partial charge in [-0.15, -0.1) is 0 Å². The highest BCUT2D eigenvalue weighted by atomic mass is 16.5. The average Bonchev–Trinajstić information content (AvgIpc) is 2.56. The number of hydrogen-bond acceptors (Lipinski definition) is 5. The van der Waals surface area contributed by atoms with Crippen molar-refractivity contribution in [3.05, 3.63) is 18.1 Å². The van der Waals surface area contributed by atoms with Gasteiger partial charge in [0.05, 0.1) is 6.20 Å². The molecule has 17 heavy (non-hydrogen) atoms. The van der Waals surface area contributed by atoms with E-state index in [0.717, 1.165) is 25.7 Å². The summed E-state index contributed by atoms with van der Waals surface area (Å²) in [5.41, 5.74) is 6.43. The van der Waals surface area contributed by atoms with Crippen molar-refractivity contribution in [3.8, 4) is 11.9 Å². The van der Waals surface area contributed by atoms with Gasteiger partial charge in [-0.25, -0.2) is 9.97 Å². The van der Waals surface area contributed by atoms with Crippen LogP contribution in [0.5, 0.6) is 5.88 Å². The summed E-state index contributed by atoms with van der Waals surface area (Å²) in [6.45, 7) is 0. The molecular formula is C12H16N4O. The first-order valence-electron chi connectivity index (χ1n) is 5.93. The molecule has 0 bridgehead atoms. The first-order chi connectivity index (χ1) is 8.31. The van der Waals surface area contributed by atoms with Crippen molar-refractivity contribution in [3.63, 3.8) is 0 Å². The molecule has 0 aliphatic heterocycles. The largest absolute Gasteiger partial charge is 0.472 e. The van der Waals surface area contributed by atoms with Gasteiger partial charge in [0.2, 0.25) is 5.88 Å². The normalized spacial score (nSPS) is 24.7. The Hall–Kier alpha value is -1.67. The van der Waals surface area contributed by atoms with Gasteiger partial charge in [0, 0.05) is 6.04 Å². The number of rotatable bonds is 2. The number of nitrogens with zero attached hydrogens (tertiary/aromatic N) is 3. The van der Waals surface area contributed by atoms with Crippen molar-refractivity contribution < 1.29 is 4.74 Å². The SMILES string of the molecule is N#Cc1cncnc1OC1CCCCCC1N. The summed E-state index contributed by atoms with van der Waals surface area (Å²) in [5, 5.41) is 8.93. The van der Waals surface area contributed by atoms with E-state index in [1.807, 2.05) is 6.07 Å². The molecule has 2 unspecified atom stereocenters. The molecule has 1 aromatic heterocycles. The predicted octanol–water partition coefficient (Wildman–Crippen LogP) is 1.39. The van der Waals surface area contributed by atoms with Gasteiger partial charge >= 0.3 is 0 Å². The molecule has 2 N–H and O–H groups in total. The Morgan fingerprint density at radius 3 is 3.00 bits per heavy atom. The highest BCUT2D eigenvalue weighted by molar-refractivity contribution is 5.34. The topological polar surface area (TPSA) is 84.8 Å². The number of ether oxygens (including phenoxy) is 1. The van der Waals surface area contributed by atoms with Crippen LogP contribution in [0.2, 0.25) is 0 Å². The van der Waals surface area contributed by atoms with Crippen LogP contribution in [-0.4, -0.2) is 22.1 Å². The first-order valence-corrected chi connectivity index (χ1v) is 5.93. The maximum atomic E-state index is 8.93. The van der Waals surface area contributed by atoms with Crippen LogP contribution in [0.25, 0.3) is 0 Å². The van der Waals surface area contributed by atoms with Crippen molar-refractivity contribution in [1.29, 1.82) is 5.26 Å². The van der Waals surface area contributed by atoms with Crippen LogP contribution >= 0.6 is 0 Å². The van der Waals surface area contributed by atoms with E-state index >= 15 is 0 Å². The molecule has 2 rings (SSSR count). The van der Waals surface area contributed by atoms with E-state index < -0.39 is 0 Å². The summed E-state index contributed by atoms with van der Waals surface area (Å²) in [7, 11) is 0. The zero-order chi connectivity index (χ0) is 12.1. The lowest BCUT2D eigenvalue weighted by molar-refractivity contribution is 0.155. The van der Waals surface area contributed by atoms with Crippen LogP contribution in [0.4, 0.5) is 0 Å². The molecule has 1 saturated carbocycles. The van der Waals surface area contributed by atoms with E-state index in [4.69, 9.17) is 15.7 Å². The second-order valence-corrected chi connectivity index (χ2v) is 4.31. The van der Waals surface area contributed by atoms with E-state index in [0.29, 0.717) is 11.4 Å². The Morgan fingerprint density at radius 1 is 1.35 bits per heavy atom. The third kappa shape index (κ3) is 2.92. The second kappa shape index (κ2) is 5.60. The van der Waals surface area contributed by atoms with Crippen LogP contribution < -0.4 is 10.5 Å². The molecule has 5 heteroatoms. The smallest absolute Gasteiger partial charge is 0.235 e. The maximum absolute atomic E-state index is 8.93. The molecule has 1 fully saturated rings. The lowest BCUT2D eigenvalue weighted by Crippen LogP contribution is -2.38. The zero-order valence-corrected chi connectivity index (χ0v) is 9.67. The number of nitrogens with two attached hydrogens (primary N) is 1. The zero-order valence-electron chi connectivity index (χ0n) is 9.67. The van der Waals surface area contributed by atoms with Crippen LogP contribution in [0, 0.1) is 11.3 Å². The van der Waals surface area contributed by atoms with Gasteiger partial charge in [-0.1, -0.05) is 12.8 Å². The summed E-state index contributed by atoms with van der Waals surface area (Å²) in [4.78, 5) is 7.80.